The monoisotopic (exact) mass is 285 g/mol. The fourth-order valence-corrected chi connectivity index (χ4v) is 1.62. The van der Waals surface area contributed by atoms with Crippen LogP contribution in [0.15, 0.2) is 22.9 Å². The molecule has 0 spiro atoms. The highest BCUT2D eigenvalue weighted by atomic mass is 79.9. The van der Waals surface area contributed by atoms with Crippen molar-refractivity contribution >= 4 is 27.5 Å². The van der Waals surface area contributed by atoms with Crippen molar-refractivity contribution in [3.8, 4) is 0 Å². The van der Waals surface area contributed by atoms with Gasteiger partial charge >= 0.3 is 0 Å². The van der Waals surface area contributed by atoms with Crippen molar-refractivity contribution in [1.29, 1.82) is 0 Å². The summed E-state index contributed by atoms with van der Waals surface area (Å²) in [7, 11) is 3.52. The Kier molecular flexibility index (Phi) is 4.73. The van der Waals surface area contributed by atoms with E-state index in [9.17, 15) is 4.79 Å². The van der Waals surface area contributed by atoms with Crippen LogP contribution in [0.25, 0.3) is 0 Å². The Balaban J connectivity index is 2.78. The Morgan fingerprint density at radius 1 is 1.44 bits per heavy atom. The third kappa shape index (κ3) is 3.48. The zero-order chi connectivity index (χ0) is 12.1. The van der Waals surface area contributed by atoms with Crippen molar-refractivity contribution in [2.75, 3.05) is 32.1 Å². The second kappa shape index (κ2) is 5.84. The van der Waals surface area contributed by atoms with Crippen LogP contribution in [-0.2, 0) is 4.79 Å². The van der Waals surface area contributed by atoms with E-state index < -0.39 is 0 Å². The van der Waals surface area contributed by atoms with Gasteiger partial charge in [-0.2, -0.15) is 0 Å². The average molecular weight is 286 g/mol. The van der Waals surface area contributed by atoms with E-state index in [4.69, 9.17) is 0 Å². The standard InChI is InChI=1S/C11H16BrN3O/c1-4-15(8-11(16)14(2)3)10-5-9(12)6-13-7-10/h5-7H,4,8H2,1-3H3. The Bertz CT molecular complexity index is 368. The van der Waals surface area contributed by atoms with Crippen molar-refractivity contribution < 1.29 is 4.79 Å². The van der Waals surface area contributed by atoms with E-state index in [1.165, 1.54) is 0 Å². The SMILES string of the molecule is CCN(CC(=O)N(C)C)c1cncc(Br)c1. The van der Waals surface area contributed by atoms with Crippen LogP contribution < -0.4 is 4.90 Å². The summed E-state index contributed by atoms with van der Waals surface area (Å²) in [5.74, 6) is 0.0850. The highest BCUT2D eigenvalue weighted by Crippen LogP contribution is 2.17. The number of carbonyl (C=O) groups is 1. The third-order valence-corrected chi connectivity index (χ3v) is 2.70. The van der Waals surface area contributed by atoms with Crippen LogP contribution in [-0.4, -0.2) is 43.0 Å². The van der Waals surface area contributed by atoms with Crippen LogP contribution >= 0.6 is 15.9 Å². The number of amides is 1. The number of hydrogen-bond donors (Lipinski definition) is 0. The molecular formula is C11H16BrN3O. The fraction of sp³-hybridized carbons (Fsp3) is 0.455. The first-order valence-corrected chi connectivity index (χ1v) is 5.89. The van der Waals surface area contributed by atoms with Gasteiger partial charge in [-0.05, 0) is 28.9 Å². The van der Waals surface area contributed by atoms with E-state index in [-0.39, 0.29) is 5.91 Å². The van der Waals surface area contributed by atoms with Gasteiger partial charge in [0.15, 0.2) is 0 Å². The molecule has 1 rings (SSSR count). The van der Waals surface area contributed by atoms with E-state index in [2.05, 4.69) is 20.9 Å². The number of likely N-dealkylation sites (N-methyl/N-ethyl adjacent to an activating group) is 2. The summed E-state index contributed by atoms with van der Waals surface area (Å²) in [5, 5.41) is 0. The van der Waals surface area contributed by atoms with Crippen molar-refractivity contribution in [3.63, 3.8) is 0 Å². The predicted octanol–water partition coefficient (Wildman–Crippen LogP) is 1.76. The van der Waals surface area contributed by atoms with Crippen molar-refractivity contribution in [1.82, 2.24) is 9.88 Å². The molecule has 0 aliphatic heterocycles. The first-order chi connectivity index (χ1) is 7.54. The molecule has 1 amide bonds. The van der Waals surface area contributed by atoms with Gasteiger partial charge < -0.3 is 9.80 Å². The second-order valence-electron chi connectivity index (χ2n) is 3.66. The van der Waals surface area contributed by atoms with Crippen LogP contribution in [0.4, 0.5) is 5.69 Å². The lowest BCUT2D eigenvalue weighted by atomic mass is 10.3. The molecule has 5 heteroatoms. The largest absolute Gasteiger partial charge is 0.361 e. The second-order valence-corrected chi connectivity index (χ2v) is 4.58. The van der Waals surface area contributed by atoms with Gasteiger partial charge in [0.1, 0.15) is 0 Å². The van der Waals surface area contributed by atoms with Crippen LogP contribution in [0.1, 0.15) is 6.92 Å². The van der Waals surface area contributed by atoms with Gasteiger partial charge in [-0.3, -0.25) is 9.78 Å². The predicted molar refractivity (Wildman–Crippen MR) is 68.5 cm³/mol. The maximum atomic E-state index is 11.6. The maximum Gasteiger partial charge on any atom is 0.241 e. The summed E-state index contributed by atoms with van der Waals surface area (Å²) in [5.41, 5.74) is 0.951. The van der Waals surface area contributed by atoms with Crippen molar-refractivity contribution in [2.24, 2.45) is 0 Å². The average Bonchev–Trinajstić information content (AvgIpc) is 2.25. The summed E-state index contributed by atoms with van der Waals surface area (Å²) < 4.78 is 0.917. The molecule has 0 radical (unpaired) electrons. The minimum atomic E-state index is 0.0850. The molecule has 0 bridgehead atoms. The van der Waals surface area contributed by atoms with Gasteiger partial charge in [0.05, 0.1) is 18.4 Å². The molecule has 0 aliphatic carbocycles. The first-order valence-electron chi connectivity index (χ1n) is 5.10. The van der Waals surface area contributed by atoms with Gasteiger partial charge in [-0.25, -0.2) is 0 Å². The normalized spacial score (nSPS) is 10.0. The van der Waals surface area contributed by atoms with E-state index in [0.717, 1.165) is 16.7 Å². The molecule has 0 saturated carbocycles. The molecule has 0 aliphatic rings. The van der Waals surface area contributed by atoms with Gasteiger partial charge in [-0.1, -0.05) is 0 Å². The molecule has 0 unspecified atom stereocenters. The molecule has 0 N–H and O–H groups in total. The Hall–Kier alpha value is -1.10. The highest BCUT2D eigenvalue weighted by Gasteiger charge is 2.11. The number of rotatable bonds is 4. The number of hydrogen-bond acceptors (Lipinski definition) is 3. The van der Waals surface area contributed by atoms with Crippen molar-refractivity contribution in [2.45, 2.75) is 6.92 Å². The maximum absolute atomic E-state index is 11.6. The fourth-order valence-electron chi connectivity index (χ4n) is 1.26. The summed E-state index contributed by atoms with van der Waals surface area (Å²) >= 11 is 3.37. The van der Waals surface area contributed by atoms with Gasteiger partial charge in [0.25, 0.3) is 0 Å². The van der Waals surface area contributed by atoms with Crippen LogP contribution in [0.2, 0.25) is 0 Å². The number of nitrogens with zero attached hydrogens (tertiary/aromatic N) is 3. The molecule has 0 fully saturated rings. The lowest BCUT2D eigenvalue weighted by Gasteiger charge is -2.23. The summed E-state index contributed by atoms with van der Waals surface area (Å²) in [6, 6.07) is 1.96. The van der Waals surface area contributed by atoms with E-state index in [1.54, 1.807) is 31.4 Å². The molecular weight excluding hydrogens is 270 g/mol. The lowest BCUT2D eigenvalue weighted by molar-refractivity contribution is -0.127. The molecule has 88 valence electrons. The lowest BCUT2D eigenvalue weighted by Crippen LogP contribution is -2.36. The van der Waals surface area contributed by atoms with Crippen LogP contribution in [0, 0.1) is 0 Å². The van der Waals surface area contributed by atoms with Crippen LogP contribution in [0.3, 0.4) is 0 Å². The number of anilines is 1. The number of halogens is 1. The quantitative estimate of drug-likeness (QED) is 0.846. The smallest absolute Gasteiger partial charge is 0.241 e. The van der Waals surface area contributed by atoms with Crippen LogP contribution in [0.5, 0.6) is 0 Å². The molecule has 0 atom stereocenters. The molecule has 0 aromatic carbocycles. The first kappa shape index (κ1) is 13.0. The Morgan fingerprint density at radius 3 is 2.62 bits per heavy atom. The Morgan fingerprint density at radius 2 is 2.12 bits per heavy atom. The topological polar surface area (TPSA) is 36.4 Å². The molecule has 4 nitrogen and oxygen atoms in total. The van der Waals surface area contributed by atoms with Gasteiger partial charge in [0, 0.05) is 31.3 Å². The van der Waals surface area contributed by atoms with E-state index in [0.29, 0.717) is 6.54 Å². The molecule has 1 aromatic rings. The molecule has 0 saturated heterocycles. The zero-order valence-corrected chi connectivity index (χ0v) is 11.4. The summed E-state index contributed by atoms with van der Waals surface area (Å²) in [6.45, 7) is 3.17. The van der Waals surface area contributed by atoms with E-state index >= 15 is 0 Å². The summed E-state index contributed by atoms with van der Waals surface area (Å²) in [6.07, 6.45) is 3.49. The minimum absolute atomic E-state index is 0.0850. The zero-order valence-electron chi connectivity index (χ0n) is 9.77. The van der Waals surface area contributed by atoms with Gasteiger partial charge in [0.2, 0.25) is 5.91 Å². The highest BCUT2D eigenvalue weighted by molar-refractivity contribution is 9.10. The Labute approximate surface area is 104 Å². The van der Waals surface area contributed by atoms with Gasteiger partial charge in [-0.15, -0.1) is 0 Å². The number of pyridine rings is 1. The molecule has 16 heavy (non-hydrogen) atoms. The molecule has 1 heterocycles. The molecule has 1 aromatic heterocycles. The van der Waals surface area contributed by atoms with E-state index in [1.807, 2.05) is 17.9 Å². The number of carbonyl (C=O) groups excluding carboxylic acids is 1. The third-order valence-electron chi connectivity index (χ3n) is 2.26. The number of aromatic nitrogens is 1. The van der Waals surface area contributed by atoms with Crippen molar-refractivity contribution in [3.05, 3.63) is 22.9 Å². The minimum Gasteiger partial charge on any atom is -0.361 e. The summed E-state index contributed by atoms with van der Waals surface area (Å²) in [4.78, 5) is 19.3.